The predicted octanol–water partition coefficient (Wildman–Crippen LogP) is 7.34. The molecule has 0 aliphatic heterocycles. The molecule has 1 amide bonds. The van der Waals surface area contributed by atoms with Crippen LogP contribution in [-0.2, 0) is 16.5 Å². The van der Waals surface area contributed by atoms with E-state index in [2.05, 4.69) is 15.5 Å². The number of phenolic OH excluding ortho intramolecular Hbond substituents is 1. The molecular formula is C26H21Cl2N3O6S. The van der Waals surface area contributed by atoms with Gasteiger partial charge >= 0.3 is 0 Å². The number of nitrogens with zero attached hydrogens (tertiary/aromatic N) is 2. The number of rotatable bonds is 7. The lowest BCUT2D eigenvalue weighted by atomic mass is 10.0. The smallest absolute Gasteiger partial charge is 0.296 e. The van der Waals surface area contributed by atoms with Crippen molar-refractivity contribution in [3.8, 4) is 11.5 Å². The van der Waals surface area contributed by atoms with Gasteiger partial charge < -0.3 is 15.2 Å². The number of hydrogen-bond donors (Lipinski definition) is 3. The fraction of sp³-hybridized carbons (Fsp3) is 0.115. The van der Waals surface area contributed by atoms with E-state index in [1.165, 1.54) is 31.4 Å². The highest BCUT2D eigenvalue weighted by molar-refractivity contribution is 7.86. The number of anilines is 1. The number of azo groups is 1. The molecule has 0 aliphatic rings. The van der Waals surface area contributed by atoms with Crippen LogP contribution in [0, 0.1) is 0 Å². The van der Waals surface area contributed by atoms with Crippen molar-refractivity contribution in [2.24, 2.45) is 10.2 Å². The lowest BCUT2D eigenvalue weighted by Gasteiger charge is -2.12. The van der Waals surface area contributed by atoms with Crippen molar-refractivity contribution in [2.45, 2.75) is 18.2 Å². The van der Waals surface area contributed by atoms with E-state index in [-0.39, 0.29) is 22.0 Å². The van der Waals surface area contributed by atoms with Crippen LogP contribution in [0.2, 0.25) is 10.0 Å². The summed E-state index contributed by atoms with van der Waals surface area (Å²) in [6.45, 7) is 1.81. The Hall–Kier alpha value is -3.70. The molecule has 9 nitrogen and oxygen atoms in total. The normalized spacial score (nSPS) is 11.7. The topological polar surface area (TPSA) is 138 Å². The fourth-order valence-corrected chi connectivity index (χ4v) is 5.05. The Balaban J connectivity index is 1.85. The van der Waals surface area contributed by atoms with Gasteiger partial charge in [-0.25, -0.2) is 0 Å². The highest BCUT2D eigenvalue weighted by Gasteiger charge is 2.22. The zero-order chi connectivity index (χ0) is 27.6. The first-order valence-corrected chi connectivity index (χ1v) is 13.3. The van der Waals surface area contributed by atoms with Gasteiger partial charge in [-0.15, -0.1) is 10.2 Å². The second-order valence-electron chi connectivity index (χ2n) is 8.09. The number of methoxy groups -OCH3 is 1. The van der Waals surface area contributed by atoms with Crippen LogP contribution in [0.15, 0.2) is 75.8 Å². The summed E-state index contributed by atoms with van der Waals surface area (Å²) in [5, 5.41) is 23.2. The number of halogens is 2. The number of aryl methyl sites for hydroxylation is 1. The summed E-state index contributed by atoms with van der Waals surface area (Å²) < 4.78 is 38.8. The van der Waals surface area contributed by atoms with E-state index < -0.39 is 26.7 Å². The summed E-state index contributed by atoms with van der Waals surface area (Å²) in [7, 11) is -3.23. The van der Waals surface area contributed by atoms with Gasteiger partial charge in [0.1, 0.15) is 22.0 Å². The number of fused-ring (bicyclic) bond motifs is 1. The Bertz CT molecular complexity index is 1710. The average molecular weight is 574 g/mol. The highest BCUT2D eigenvalue weighted by Crippen LogP contribution is 2.42. The molecule has 196 valence electrons. The monoisotopic (exact) mass is 573 g/mol. The SMILES string of the molecule is CCc1ccc(S(=O)(=O)O)c(N=Nc2c(O)c(C(=O)Nc3cc(Cl)cc(OC)c3)cc3ccccc23)c1Cl. The molecule has 3 N–H and O–H groups in total. The minimum Gasteiger partial charge on any atom is -0.505 e. The first-order chi connectivity index (χ1) is 18.0. The van der Waals surface area contributed by atoms with Gasteiger partial charge in [-0.05, 0) is 41.6 Å². The Kier molecular flexibility index (Phi) is 7.89. The molecule has 0 unspecified atom stereocenters. The number of hydrogen-bond acceptors (Lipinski definition) is 7. The lowest BCUT2D eigenvalue weighted by Crippen LogP contribution is -2.12. The van der Waals surface area contributed by atoms with Crippen LogP contribution >= 0.6 is 23.2 Å². The average Bonchev–Trinajstić information content (AvgIpc) is 2.87. The number of benzene rings is 4. The first kappa shape index (κ1) is 27.3. The third kappa shape index (κ3) is 5.58. The van der Waals surface area contributed by atoms with Crippen LogP contribution in [0.4, 0.5) is 17.1 Å². The third-order valence-corrected chi connectivity index (χ3v) is 7.20. The molecule has 0 bridgehead atoms. The molecule has 0 fully saturated rings. The zero-order valence-electron chi connectivity index (χ0n) is 20.1. The molecule has 0 radical (unpaired) electrons. The van der Waals surface area contributed by atoms with Gasteiger partial charge in [0.2, 0.25) is 0 Å². The third-order valence-electron chi connectivity index (χ3n) is 5.67. The van der Waals surface area contributed by atoms with Crippen LogP contribution in [-0.4, -0.2) is 31.1 Å². The summed E-state index contributed by atoms with van der Waals surface area (Å²) in [5.74, 6) is -0.750. The second kappa shape index (κ2) is 11.0. The molecule has 4 rings (SSSR count). The minimum absolute atomic E-state index is 0.0148. The maximum absolute atomic E-state index is 13.2. The van der Waals surface area contributed by atoms with Crippen molar-refractivity contribution in [2.75, 3.05) is 12.4 Å². The van der Waals surface area contributed by atoms with Gasteiger partial charge in [0.25, 0.3) is 16.0 Å². The molecule has 4 aromatic rings. The highest BCUT2D eigenvalue weighted by atomic mass is 35.5. The largest absolute Gasteiger partial charge is 0.505 e. The van der Waals surface area contributed by atoms with E-state index in [4.69, 9.17) is 27.9 Å². The van der Waals surface area contributed by atoms with E-state index in [9.17, 15) is 22.9 Å². The van der Waals surface area contributed by atoms with E-state index in [1.807, 2.05) is 6.92 Å². The maximum Gasteiger partial charge on any atom is 0.296 e. The standard InChI is InChI=1S/C26H21Cl2N3O6S/c1-3-14-8-9-21(38(34,35)36)24(22(14)28)31-30-23-19-7-5-4-6-15(19)10-20(25(23)32)26(33)29-17-11-16(27)12-18(13-17)37-2/h4-13,32H,3H2,1-2H3,(H,29,33)(H,34,35,36). The summed E-state index contributed by atoms with van der Waals surface area (Å²) in [6.07, 6.45) is 0.464. The molecule has 0 saturated carbocycles. The van der Waals surface area contributed by atoms with Crippen LogP contribution in [0.3, 0.4) is 0 Å². The number of carbonyl (C=O) groups is 1. The van der Waals surface area contributed by atoms with Gasteiger partial charge in [-0.1, -0.05) is 60.5 Å². The van der Waals surface area contributed by atoms with Gasteiger partial charge in [-0.2, -0.15) is 8.42 Å². The fourth-order valence-electron chi connectivity index (χ4n) is 3.81. The summed E-state index contributed by atoms with van der Waals surface area (Å²) in [6, 6.07) is 15.6. The van der Waals surface area contributed by atoms with E-state index in [0.717, 1.165) is 0 Å². The molecule has 0 aliphatic carbocycles. The van der Waals surface area contributed by atoms with E-state index >= 15 is 0 Å². The van der Waals surface area contributed by atoms with E-state index in [0.29, 0.717) is 39.2 Å². The van der Waals surface area contributed by atoms with Crippen molar-refractivity contribution < 1.29 is 27.6 Å². The molecule has 0 atom stereocenters. The number of nitrogens with one attached hydrogen (secondary N) is 1. The van der Waals surface area contributed by atoms with Gasteiger partial charge in [0.05, 0.1) is 17.7 Å². The number of amides is 1. The Labute approximate surface area is 228 Å². The van der Waals surface area contributed by atoms with Crippen molar-refractivity contribution in [3.05, 3.63) is 81.8 Å². The van der Waals surface area contributed by atoms with Crippen molar-refractivity contribution >= 4 is 67.1 Å². The van der Waals surface area contributed by atoms with E-state index in [1.54, 1.807) is 36.4 Å². The number of carbonyl (C=O) groups excluding carboxylic acids is 1. The van der Waals surface area contributed by atoms with Crippen molar-refractivity contribution in [1.82, 2.24) is 0 Å². The number of ether oxygens (including phenoxy) is 1. The summed E-state index contributed by atoms with van der Waals surface area (Å²) in [5.41, 5.74) is 0.386. The van der Waals surface area contributed by atoms with Gasteiger partial charge in [-0.3, -0.25) is 9.35 Å². The van der Waals surface area contributed by atoms with Gasteiger partial charge in [0.15, 0.2) is 5.75 Å². The molecule has 38 heavy (non-hydrogen) atoms. The van der Waals surface area contributed by atoms with Crippen LogP contribution in [0.25, 0.3) is 10.8 Å². The molecule has 0 heterocycles. The summed E-state index contributed by atoms with van der Waals surface area (Å²) >= 11 is 12.5. The predicted molar refractivity (Wildman–Crippen MR) is 146 cm³/mol. The Morgan fingerprint density at radius 1 is 1.03 bits per heavy atom. The van der Waals surface area contributed by atoms with Crippen molar-refractivity contribution in [1.29, 1.82) is 0 Å². The Morgan fingerprint density at radius 2 is 1.74 bits per heavy atom. The quantitative estimate of drug-likeness (QED) is 0.156. The van der Waals surface area contributed by atoms with Crippen LogP contribution in [0.5, 0.6) is 11.5 Å². The molecule has 0 aromatic heterocycles. The lowest BCUT2D eigenvalue weighted by molar-refractivity contribution is 0.102. The molecule has 12 heteroatoms. The number of aromatic hydroxyl groups is 1. The first-order valence-electron chi connectivity index (χ1n) is 11.1. The minimum atomic E-state index is -4.69. The van der Waals surface area contributed by atoms with Gasteiger partial charge in [0, 0.05) is 22.2 Å². The molecule has 0 spiro atoms. The summed E-state index contributed by atoms with van der Waals surface area (Å²) in [4.78, 5) is 12.6. The Morgan fingerprint density at radius 3 is 2.42 bits per heavy atom. The number of phenols is 1. The zero-order valence-corrected chi connectivity index (χ0v) is 22.4. The maximum atomic E-state index is 13.2. The van der Waals surface area contributed by atoms with Crippen molar-refractivity contribution in [3.63, 3.8) is 0 Å². The van der Waals surface area contributed by atoms with Crippen LogP contribution in [0.1, 0.15) is 22.8 Å². The molecular weight excluding hydrogens is 553 g/mol. The molecule has 4 aromatic carbocycles. The van der Waals surface area contributed by atoms with Crippen LogP contribution < -0.4 is 10.1 Å². The second-order valence-corrected chi connectivity index (χ2v) is 10.3. The molecule has 0 saturated heterocycles.